The zero-order valence-electron chi connectivity index (χ0n) is 8.76. The van der Waals surface area contributed by atoms with Crippen LogP contribution in [0.5, 0.6) is 0 Å². The Morgan fingerprint density at radius 1 is 1.25 bits per heavy atom. The average Bonchev–Trinajstić information content (AvgIpc) is 2.02. The molecule has 0 amide bonds. The van der Waals surface area contributed by atoms with E-state index in [1.165, 1.54) is 0 Å². The van der Waals surface area contributed by atoms with Crippen molar-refractivity contribution < 1.29 is 9.53 Å². The van der Waals surface area contributed by atoms with E-state index in [0.717, 1.165) is 0 Å². The van der Waals surface area contributed by atoms with Crippen molar-refractivity contribution in [1.82, 2.24) is 0 Å². The Kier molecular flexibility index (Phi) is 4.95. The molecule has 72 valence electrons. The second-order valence-electron chi connectivity index (χ2n) is 3.64. The Labute approximate surface area is 75.3 Å². The van der Waals surface area contributed by atoms with E-state index in [9.17, 15) is 4.79 Å². The molecule has 0 aliphatic carbocycles. The van der Waals surface area contributed by atoms with E-state index in [-0.39, 0.29) is 11.9 Å². The van der Waals surface area contributed by atoms with Crippen LogP contribution >= 0.6 is 0 Å². The number of hydrogen-bond donors (Lipinski definition) is 0. The highest BCUT2D eigenvalue weighted by Gasteiger charge is 2.23. The normalized spacial score (nSPS) is 15.8. The molecular weight excluding hydrogens is 152 g/mol. The quantitative estimate of drug-likeness (QED) is 0.609. The maximum atomic E-state index is 11.3. The van der Waals surface area contributed by atoms with Gasteiger partial charge in [-0.3, -0.25) is 4.79 Å². The Bertz CT molecular complexity index is 141. The minimum Gasteiger partial charge on any atom is -0.466 e. The number of ether oxygens (including phenoxy) is 1. The van der Waals surface area contributed by atoms with Crippen LogP contribution in [0.1, 0.15) is 34.6 Å². The fraction of sp³-hybridized carbons (Fsp3) is 0.900. The van der Waals surface area contributed by atoms with E-state index < -0.39 is 0 Å². The summed E-state index contributed by atoms with van der Waals surface area (Å²) in [7, 11) is 0. The zero-order valence-corrected chi connectivity index (χ0v) is 8.76. The predicted octanol–water partition coefficient (Wildman–Crippen LogP) is 2.48. The molecule has 0 radical (unpaired) electrons. The fourth-order valence-corrected chi connectivity index (χ4v) is 1.07. The summed E-state index contributed by atoms with van der Waals surface area (Å²) >= 11 is 0. The second-order valence-corrected chi connectivity index (χ2v) is 3.64. The van der Waals surface area contributed by atoms with Crippen molar-refractivity contribution in [2.45, 2.75) is 34.6 Å². The van der Waals surface area contributed by atoms with E-state index in [4.69, 9.17) is 4.74 Å². The Hall–Kier alpha value is -0.530. The molecule has 2 unspecified atom stereocenters. The molecule has 0 spiro atoms. The highest BCUT2D eigenvalue weighted by atomic mass is 16.5. The Morgan fingerprint density at radius 2 is 1.75 bits per heavy atom. The predicted molar refractivity (Wildman–Crippen MR) is 49.8 cm³/mol. The summed E-state index contributed by atoms with van der Waals surface area (Å²) < 4.78 is 4.94. The summed E-state index contributed by atoms with van der Waals surface area (Å²) in [5.41, 5.74) is 0. The first-order valence-corrected chi connectivity index (χ1v) is 4.67. The van der Waals surface area contributed by atoms with Crippen LogP contribution in [0.4, 0.5) is 0 Å². The number of rotatable bonds is 4. The third-order valence-corrected chi connectivity index (χ3v) is 2.50. The molecule has 2 atom stereocenters. The monoisotopic (exact) mass is 172 g/mol. The highest BCUT2D eigenvalue weighted by molar-refractivity contribution is 5.72. The molecule has 0 saturated carbocycles. The van der Waals surface area contributed by atoms with Crippen LogP contribution in [0.15, 0.2) is 0 Å². The summed E-state index contributed by atoms with van der Waals surface area (Å²) in [4.78, 5) is 11.3. The van der Waals surface area contributed by atoms with E-state index in [1.54, 1.807) is 0 Å². The smallest absolute Gasteiger partial charge is 0.308 e. The van der Waals surface area contributed by atoms with Crippen LogP contribution in [0.3, 0.4) is 0 Å². The summed E-state index contributed by atoms with van der Waals surface area (Å²) in [6, 6.07) is 0. The van der Waals surface area contributed by atoms with E-state index in [0.29, 0.717) is 18.4 Å². The molecule has 0 aromatic heterocycles. The Balaban J connectivity index is 4.00. The number of carbonyl (C=O) groups excluding carboxylic acids is 1. The minimum absolute atomic E-state index is 0.0185. The first-order valence-electron chi connectivity index (χ1n) is 4.67. The molecule has 0 bridgehead atoms. The SMILES string of the molecule is CCOC(=O)C(C)C(C)C(C)C. The van der Waals surface area contributed by atoms with Crippen molar-refractivity contribution in [2.24, 2.45) is 17.8 Å². The number of esters is 1. The molecule has 12 heavy (non-hydrogen) atoms. The van der Waals surface area contributed by atoms with Gasteiger partial charge < -0.3 is 4.74 Å². The van der Waals surface area contributed by atoms with Gasteiger partial charge in [-0.25, -0.2) is 0 Å². The Morgan fingerprint density at radius 3 is 2.08 bits per heavy atom. The van der Waals surface area contributed by atoms with Crippen LogP contribution in [0.2, 0.25) is 0 Å². The van der Waals surface area contributed by atoms with Gasteiger partial charge in [-0.2, -0.15) is 0 Å². The molecule has 0 saturated heterocycles. The lowest BCUT2D eigenvalue weighted by atomic mass is 9.86. The van der Waals surface area contributed by atoms with Crippen LogP contribution in [0, 0.1) is 17.8 Å². The lowest BCUT2D eigenvalue weighted by molar-refractivity contribution is -0.149. The van der Waals surface area contributed by atoms with Crippen molar-refractivity contribution in [3.05, 3.63) is 0 Å². The van der Waals surface area contributed by atoms with Gasteiger partial charge in [0.15, 0.2) is 0 Å². The molecule has 0 aliphatic heterocycles. The zero-order chi connectivity index (χ0) is 9.72. The molecular formula is C10H20O2. The summed E-state index contributed by atoms with van der Waals surface area (Å²) in [6.45, 7) is 10.6. The van der Waals surface area contributed by atoms with Crippen LogP contribution in [-0.2, 0) is 9.53 Å². The highest BCUT2D eigenvalue weighted by Crippen LogP contribution is 2.20. The van der Waals surface area contributed by atoms with Gasteiger partial charge in [-0.15, -0.1) is 0 Å². The first kappa shape index (κ1) is 11.5. The van der Waals surface area contributed by atoms with Crippen LogP contribution < -0.4 is 0 Å². The maximum Gasteiger partial charge on any atom is 0.308 e. The van der Waals surface area contributed by atoms with Gasteiger partial charge in [0.1, 0.15) is 0 Å². The van der Waals surface area contributed by atoms with Gasteiger partial charge in [0.05, 0.1) is 12.5 Å². The van der Waals surface area contributed by atoms with Gasteiger partial charge in [0.25, 0.3) is 0 Å². The first-order chi connectivity index (χ1) is 5.50. The molecule has 2 heteroatoms. The number of carbonyl (C=O) groups is 1. The second kappa shape index (κ2) is 5.18. The van der Waals surface area contributed by atoms with Crippen LogP contribution in [-0.4, -0.2) is 12.6 Å². The fourth-order valence-electron chi connectivity index (χ4n) is 1.07. The third kappa shape index (κ3) is 3.24. The van der Waals surface area contributed by atoms with Crippen molar-refractivity contribution >= 4 is 5.97 Å². The summed E-state index contributed by atoms with van der Waals surface area (Å²) in [6.07, 6.45) is 0. The lowest BCUT2D eigenvalue weighted by Crippen LogP contribution is -2.24. The topological polar surface area (TPSA) is 26.3 Å². The summed E-state index contributed by atoms with van der Waals surface area (Å²) in [5, 5.41) is 0. The average molecular weight is 172 g/mol. The van der Waals surface area contributed by atoms with E-state index in [1.807, 2.05) is 13.8 Å². The minimum atomic E-state index is -0.0706. The summed E-state index contributed by atoms with van der Waals surface area (Å²) in [5.74, 6) is 0.872. The molecule has 0 heterocycles. The molecule has 0 aromatic carbocycles. The van der Waals surface area contributed by atoms with Crippen molar-refractivity contribution in [3.63, 3.8) is 0 Å². The van der Waals surface area contributed by atoms with Crippen LogP contribution in [0.25, 0.3) is 0 Å². The molecule has 0 fully saturated rings. The maximum absolute atomic E-state index is 11.3. The number of hydrogen-bond acceptors (Lipinski definition) is 2. The molecule has 0 rings (SSSR count). The standard InChI is InChI=1S/C10H20O2/c1-6-12-10(11)9(5)8(4)7(2)3/h7-9H,6H2,1-5H3. The molecule has 2 nitrogen and oxygen atoms in total. The molecule has 0 N–H and O–H groups in total. The van der Waals surface area contributed by atoms with E-state index in [2.05, 4.69) is 20.8 Å². The molecule has 0 aromatic rings. The largest absolute Gasteiger partial charge is 0.466 e. The van der Waals surface area contributed by atoms with Crippen molar-refractivity contribution in [3.8, 4) is 0 Å². The van der Waals surface area contributed by atoms with Gasteiger partial charge in [0, 0.05) is 0 Å². The van der Waals surface area contributed by atoms with Crippen molar-refractivity contribution in [1.29, 1.82) is 0 Å². The lowest BCUT2D eigenvalue weighted by Gasteiger charge is -2.21. The van der Waals surface area contributed by atoms with Gasteiger partial charge in [-0.1, -0.05) is 27.7 Å². The third-order valence-electron chi connectivity index (χ3n) is 2.50. The van der Waals surface area contributed by atoms with Crippen molar-refractivity contribution in [2.75, 3.05) is 6.61 Å². The molecule has 0 aliphatic rings. The van der Waals surface area contributed by atoms with Gasteiger partial charge in [-0.05, 0) is 18.8 Å². The van der Waals surface area contributed by atoms with Gasteiger partial charge in [0.2, 0.25) is 0 Å². The van der Waals surface area contributed by atoms with E-state index >= 15 is 0 Å². The van der Waals surface area contributed by atoms with Gasteiger partial charge >= 0.3 is 5.97 Å².